The van der Waals surface area contributed by atoms with Gasteiger partial charge in [-0.15, -0.1) is 0 Å². The number of non-ortho nitro benzene ring substituents is 1. The fourth-order valence-electron chi connectivity index (χ4n) is 2.21. The maximum Gasteiger partial charge on any atom is 0.270 e. The van der Waals surface area contributed by atoms with Gasteiger partial charge in [0.2, 0.25) is 0 Å². The maximum absolute atomic E-state index is 12.2. The lowest BCUT2D eigenvalue weighted by molar-refractivity contribution is -0.384. The van der Waals surface area contributed by atoms with E-state index in [2.05, 4.69) is 10.5 Å². The zero-order chi connectivity index (χ0) is 18.7. The van der Waals surface area contributed by atoms with Gasteiger partial charge in [-0.25, -0.2) is 0 Å². The molecule has 3 aromatic rings. The monoisotopic (exact) mass is 391 g/mol. The van der Waals surface area contributed by atoms with Gasteiger partial charge >= 0.3 is 0 Å². The van der Waals surface area contributed by atoms with Crippen LogP contribution in [0.4, 0.5) is 5.69 Å². The molecule has 0 bridgehead atoms. The molecule has 7 nitrogen and oxygen atoms in total. The van der Waals surface area contributed by atoms with Crippen molar-refractivity contribution in [2.24, 2.45) is 0 Å². The average molecular weight is 392 g/mol. The average Bonchev–Trinajstić information content (AvgIpc) is 3.09. The van der Waals surface area contributed by atoms with Crippen molar-refractivity contribution in [3.8, 4) is 11.3 Å². The first-order valence-corrected chi connectivity index (χ1v) is 8.13. The predicted molar refractivity (Wildman–Crippen MR) is 96.2 cm³/mol. The van der Waals surface area contributed by atoms with E-state index >= 15 is 0 Å². The Labute approximate surface area is 157 Å². The molecule has 1 N–H and O–H groups in total. The number of nitro benzene ring substituents is 1. The number of rotatable bonds is 5. The molecule has 26 heavy (non-hydrogen) atoms. The molecule has 0 radical (unpaired) electrons. The summed E-state index contributed by atoms with van der Waals surface area (Å²) in [5, 5.41) is 18.0. The van der Waals surface area contributed by atoms with Crippen molar-refractivity contribution in [1.82, 2.24) is 10.5 Å². The second kappa shape index (κ2) is 7.55. The highest BCUT2D eigenvalue weighted by molar-refractivity contribution is 6.34. The fourth-order valence-corrected chi connectivity index (χ4v) is 2.54. The first-order chi connectivity index (χ1) is 12.4. The summed E-state index contributed by atoms with van der Waals surface area (Å²) >= 11 is 11.8. The van der Waals surface area contributed by atoms with Crippen LogP contribution in [0.25, 0.3) is 11.3 Å². The van der Waals surface area contributed by atoms with Crippen molar-refractivity contribution >= 4 is 34.8 Å². The van der Waals surface area contributed by atoms with Gasteiger partial charge in [0, 0.05) is 28.8 Å². The first kappa shape index (κ1) is 17.9. The lowest BCUT2D eigenvalue weighted by Crippen LogP contribution is -2.23. The van der Waals surface area contributed by atoms with E-state index in [0.29, 0.717) is 16.5 Å². The van der Waals surface area contributed by atoms with Crippen molar-refractivity contribution in [3.05, 3.63) is 79.9 Å². The second-order valence-electron chi connectivity index (χ2n) is 5.29. The predicted octanol–water partition coefficient (Wildman–Crippen LogP) is 4.49. The highest BCUT2D eigenvalue weighted by atomic mass is 35.5. The van der Waals surface area contributed by atoms with Gasteiger partial charge in [0.05, 0.1) is 22.1 Å². The minimum absolute atomic E-state index is 0.0160. The Morgan fingerprint density at radius 1 is 1.15 bits per heavy atom. The molecule has 0 unspecified atom stereocenters. The van der Waals surface area contributed by atoms with Crippen LogP contribution in [0.3, 0.4) is 0 Å². The summed E-state index contributed by atoms with van der Waals surface area (Å²) in [5.74, 6) is -0.0194. The number of amides is 1. The third-order valence-electron chi connectivity index (χ3n) is 3.52. The van der Waals surface area contributed by atoms with Crippen LogP contribution in [0.2, 0.25) is 10.0 Å². The molecule has 0 spiro atoms. The van der Waals surface area contributed by atoms with Gasteiger partial charge in [-0.2, -0.15) is 0 Å². The number of nitro groups is 1. The van der Waals surface area contributed by atoms with Crippen LogP contribution in [0.15, 0.2) is 53.1 Å². The zero-order valence-electron chi connectivity index (χ0n) is 13.1. The molecular weight excluding hydrogens is 381 g/mol. The van der Waals surface area contributed by atoms with Gasteiger partial charge in [-0.1, -0.05) is 28.4 Å². The van der Waals surface area contributed by atoms with Crippen molar-refractivity contribution in [3.63, 3.8) is 0 Å². The summed E-state index contributed by atoms with van der Waals surface area (Å²) in [4.78, 5) is 22.5. The molecule has 0 aliphatic heterocycles. The SMILES string of the molecule is O=C(NCc1cc(-c2ccc(Cl)cc2)on1)c1cc([N+](=O)[O-])ccc1Cl. The van der Waals surface area contributed by atoms with E-state index in [1.165, 1.54) is 12.1 Å². The molecule has 3 rings (SSSR count). The van der Waals surface area contributed by atoms with Gasteiger partial charge in [-0.3, -0.25) is 14.9 Å². The Morgan fingerprint density at radius 3 is 2.58 bits per heavy atom. The molecule has 0 aliphatic carbocycles. The molecule has 1 heterocycles. The number of halogens is 2. The summed E-state index contributed by atoms with van der Waals surface area (Å²) in [6.45, 7) is 0.0783. The van der Waals surface area contributed by atoms with Crippen LogP contribution >= 0.6 is 23.2 Å². The largest absolute Gasteiger partial charge is 0.356 e. The van der Waals surface area contributed by atoms with Crippen molar-refractivity contribution in [2.45, 2.75) is 6.54 Å². The molecule has 1 aromatic heterocycles. The highest BCUT2D eigenvalue weighted by Gasteiger charge is 2.16. The minimum atomic E-state index is -0.594. The summed E-state index contributed by atoms with van der Waals surface area (Å²) in [6.07, 6.45) is 0. The lowest BCUT2D eigenvalue weighted by Gasteiger charge is -2.05. The maximum atomic E-state index is 12.2. The topological polar surface area (TPSA) is 98.3 Å². The minimum Gasteiger partial charge on any atom is -0.356 e. The lowest BCUT2D eigenvalue weighted by atomic mass is 10.1. The van der Waals surface area contributed by atoms with E-state index in [9.17, 15) is 14.9 Å². The van der Waals surface area contributed by atoms with E-state index in [0.717, 1.165) is 11.6 Å². The van der Waals surface area contributed by atoms with Crippen LogP contribution in [-0.2, 0) is 6.54 Å². The van der Waals surface area contributed by atoms with Gasteiger partial charge < -0.3 is 9.84 Å². The smallest absolute Gasteiger partial charge is 0.270 e. The van der Waals surface area contributed by atoms with Crippen LogP contribution in [-0.4, -0.2) is 16.0 Å². The molecule has 0 atom stereocenters. The molecule has 9 heteroatoms. The molecule has 0 fully saturated rings. The Hall–Kier alpha value is -2.90. The number of nitrogens with zero attached hydrogens (tertiary/aromatic N) is 2. The van der Waals surface area contributed by atoms with E-state index < -0.39 is 10.8 Å². The Bertz CT molecular complexity index is 970. The van der Waals surface area contributed by atoms with Gasteiger partial charge in [0.1, 0.15) is 5.69 Å². The van der Waals surface area contributed by atoms with Crippen LogP contribution < -0.4 is 5.32 Å². The molecule has 1 amide bonds. The van der Waals surface area contributed by atoms with Crippen molar-refractivity contribution in [2.75, 3.05) is 0 Å². The standard InChI is InChI=1S/C17H11Cl2N3O4/c18-11-3-1-10(2-4-11)16-7-12(21-26-16)9-20-17(23)14-8-13(22(24)25)5-6-15(14)19/h1-8H,9H2,(H,20,23). The third kappa shape index (κ3) is 4.01. The number of nitrogens with one attached hydrogen (secondary N) is 1. The highest BCUT2D eigenvalue weighted by Crippen LogP contribution is 2.23. The van der Waals surface area contributed by atoms with Crippen molar-refractivity contribution < 1.29 is 14.2 Å². The quantitative estimate of drug-likeness (QED) is 0.510. The third-order valence-corrected chi connectivity index (χ3v) is 4.10. The van der Waals surface area contributed by atoms with Crippen LogP contribution in [0, 0.1) is 10.1 Å². The number of aromatic nitrogens is 1. The van der Waals surface area contributed by atoms with Gasteiger partial charge in [-0.05, 0) is 30.3 Å². The normalized spacial score (nSPS) is 10.5. The first-order valence-electron chi connectivity index (χ1n) is 7.38. The molecule has 0 saturated carbocycles. The number of benzene rings is 2. The summed E-state index contributed by atoms with van der Waals surface area (Å²) in [6, 6.07) is 12.4. The molecule has 0 saturated heterocycles. The fraction of sp³-hybridized carbons (Fsp3) is 0.0588. The molecule has 2 aromatic carbocycles. The summed E-state index contributed by atoms with van der Waals surface area (Å²) < 4.78 is 5.24. The second-order valence-corrected chi connectivity index (χ2v) is 6.14. The van der Waals surface area contributed by atoms with Gasteiger partial charge in [0.15, 0.2) is 5.76 Å². The van der Waals surface area contributed by atoms with E-state index in [1.54, 1.807) is 30.3 Å². The van der Waals surface area contributed by atoms with E-state index in [-0.39, 0.29) is 22.8 Å². The van der Waals surface area contributed by atoms with E-state index in [1.807, 2.05) is 0 Å². The summed E-state index contributed by atoms with van der Waals surface area (Å²) in [7, 11) is 0. The zero-order valence-corrected chi connectivity index (χ0v) is 14.6. The number of carbonyl (C=O) groups is 1. The molecule has 0 aliphatic rings. The summed E-state index contributed by atoms with van der Waals surface area (Å²) in [5.41, 5.74) is 1.08. The van der Waals surface area contributed by atoms with Crippen LogP contribution in [0.1, 0.15) is 16.1 Å². The number of hydrogen-bond donors (Lipinski definition) is 1. The van der Waals surface area contributed by atoms with Gasteiger partial charge in [0.25, 0.3) is 11.6 Å². The van der Waals surface area contributed by atoms with Crippen molar-refractivity contribution in [1.29, 1.82) is 0 Å². The van der Waals surface area contributed by atoms with Crippen LogP contribution in [0.5, 0.6) is 0 Å². The Balaban J connectivity index is 1.70. The Kier molecular flexibility index (Phi) is 5.20. The Morgan fingerprint density at radius 2 is 1.88 bits per heavy atom. The van der Waals surface area contributed by atoms with E-state index in [4.69, 9.17) is 27.7 Å². The molecular formula is C17H11Cl2N3O4. The number of hydrogen-bond acceptors (Lipinski definition) is 5. The molecule has 132 valence electrons. The number of carbonyl (C=O) groups excluding carboxylic acids is 1.